The second-order valence-electron chi connectivity index (χ2n) is 10.2. The molecule has 2 aliphatic carbocycles. The number of Topliss-reactive ketones (excluding diaryl/α,β-unsaturated/α-hetero) is 1. The van der Waals surface area contributed by atoms with Gasteiger partial charge in [0, 0.05) is 0 Å². The zero-order valence-corrected chi connectivity index (χ0v) is 23.3. The number of benzene rings is 3. The van der Waals surface area contributed by atoms with E-state index in [1.165, 1.54) is 0 Å². The Kier molecular flexibility index (Phi) is 6.02. The van der Waals surface area contributed by atoms with Crippen LogP contribution in [0.4, 0.5) is 0 Å². The molecule has 0 aromatic heterocycles. The van der Waals surface area contributed by atoms with E-state index >= 15 is 0 Å². The van der Waals surface area contributed by atoms with E-state index in [2.05, 4.69) is 13.8 Å². The summed E-state index contributed by atoms with van der Waals surface area (Å²) in [5.74, 6) is 0.0924. The summed E-state index contributed by atoms with van der Waals surface area (Å²) < 4.78 is 37.4. The number of carbonyl (C=O) groups is 1. The number of fused-ring (bicyclic) bond motifs is 2. The average Bonchev–Trinajstić information content (AvgIpc) is 3.18. The van der Waals surface area contributed by atoms with E-state index < -0.39 is 34.3 Å². The summed E-state index contributed by atoms with van der Waals surface area (Å²) in [5.41, 5.74) is -1.21. The van der Waals surface area contributed by atoms with E-state index in [0.717, 1.165) is 17.2 Å². The Morgan fingerprint density at radius 2 is 1.26 bits per heavy atom. The zero-order chi connectivity index (χ0) is 24.0. The van der Waals surface area contributed by atoms with E-state index in [4.69, 9.17) is 2.52 Å². The van der Waals surface area contributed by atoms with Gasteiger partial charge in [0.1, 0.15) is 0 Å². The molecule has 2 bridgehead atoms. The van der Waals surface area contributed by atoms with Gasteiger partial charge in [0.2, 0.25) is 0 Å². The fourth-order valence-electron chi connectivity index (χ4n) is 6.29. The molecular weight excluding hydrogens is 551 g/mol. The minimum absolute atomic E-state index is 0.0841. The van der Waals surface area contributed by atoms with Gasteiger partial charge in [0.05, 0.1) is 0 Å². The third kappa shape index (κ3) is 3.67. The molecule has 2 atom stereocenters. The first-order valence-corrected chi connectivity index (χ1v) is 18.9. The van der Waals surface area contributed by atoms with E-state index in [1.54, 1.807) is 0 Å². The molecule has 0 amide bonds. The Morgan fingerprint density at radius 1 is 0.824 bits per heavy atom. The van der Waals surface area contributed by atoms with Gasteiger partial charge in [0.15, 0.2) is 0 Å². The first-order valence-electron chi connectivity index (χ1n) is 11.8. The summed E-state index contributed by atoms with van der Waals surface area (Å²) in [6.45, 7) is 4.13. The van der Waals surface area contributed by atoms with Crippen LogP contribution in [-0.4, -0.2) is 38.7 Å². The van der Waals surface area contributed by atoms with Crippen LogP contribution >= 0.6 is 0 Å². The molecule has 6 heteroatoms. The normalized spacial score (nSPS) is 23.8. The van der Waals surface area contributed by atoms with Gasteiger partial charge in [-0.2, -0.15) is 0 Å². The molecule has 176 valence electrons. The standard InChI is InChI=1S/C10H16O4S.3C6H5.Sn/c1-9(2)7-3-4-10(9,8(11)5-7)6-15(12,13)14;3*1-2-4-6-5-3-1;/h7H,3-6H2,1-2H3,(H,12,13,14);3*1-5H;/q;;;;+1/p-1. The minimum atomic E-state index is -4.49. The van der Waals surface area contributed by atoms with Crippen LogP contribution in [0.25, 0.3) is 0 Å². The van der Waals surface area contributed by atoms with Crippen LogP contribution in [0, 0.1) is 16.7 Å². The van der Waals surface area contributed by atoms with Crippen molar-refractivity contribution in [3.8, 4) is 0 Å². The van der Waals surface area contributed by atoms with Crippen molar-refractivity contribution in [1.82, 2.24) is 0 Å². The van der Waals surface area contributed by atoms with Crippen molar-refractivity contribution in [2.24, 2.45) is 16.7 Å². The second kappa shape index (κ2) is 8.61. The van der Waals surface area contributed by atoms with Crippen LogP contribution in [0.2, 0.25) is 0 Å². The summed E-state index contributed by atoms with van der Waals surface area (Å²) in [6, 6.07) is 29.3. The van der Waals surface area contributed by atoms with Gasteiger partial charge in [-0.05, 0) is 0 Å². The Hall–Kier alpha value is -1.96. The molecule has 34 heavy (non-hydrogen) atoms. The van der Waals surface area contributed by atoms with Crippen molar-refractivity contribution in [3.05, 3.63) is 91.0 Å². The molecule has 2 saturated carbocycles. The summed E-state index contributed by atoms with van der Waals surface area (Å²) >= 11 is -4.49. The van der Waals surface area contributed by atoms with Crippen molar-refractivity contribution in [2.75, 3.05) is 5.75 Å². The first-order chi connectivity index (χ1) is 16.2. The van der Waals surface area contributed by atoms with Crippen molar-refractivity contribution in [2.45, 2.75) is 33.1 Å². The molecule has 0 N–H and O–H groups in total. The molecular formula is C28H30O4SSn. The predicted molar refractivity (Wildman–Crippen MR) is 137 cm³/mol. The first kappa shape index (κ1) is 23.8. The quantitative estimate of drug-likeness (QED) is 0.402. The topological polar surface area (TPSA) is 60.4 Å². The molecule has 0 heterocycles. The SMILES string of the molecule is CC1(C)C2CCC1(CS(=O)(=O)[O][Sn]([c]1ccccc1)([c]1ccccc1)[c]1ccccc1)C(=O)C2. The fourth-order valence-corrected chi connectivity index (χ4v) is 23.1. The molecule has 2 aliphatic rings. The van der Waals surface area contributed by atoms with Gasteiger partial charge in [-0.1, -0.05) is 0 Å². The molecule has 3 aromatic carbocycles. The third-order valence-electron chi connectivity index (χ3n) is 8.36. The molecule has 3 aromatic rings. The van der Waals surface area contributed by atoms with Crippen LogP contribution in [0.1, 0.15) is 33.1 Å². The molecule has 0 aliphatic heterocycles. The molecule has 5 rings (SSSR count). The zero-order valence-electron chi connectivity index (χ0n) is 19.6. The van der Waals surface area contributed by atoms with Crippen LogP contribution < -0.4 is 10.7 Å². The molecule has 0 saturated heterocycles. The van der Waals surface area contributed by atoms with Gasteiger partial charge in [-0.3, -0.25) is 0 Å². The maximum atomic E-state index is 14.0. The summed E-state index contributed by atoms with van der Waals surface area (Å²) in [7, 11) is -4.04. The molecule has 2 unspecified atom stereocenters. The Bertz CT molecular complexity index is 1190. The molecule has 0 radical (unpaired) electrons. The third-order valence-corrected chi connectivity index (χ3v) is 23.8. The van der Waals surface area contributed by atoms with Crippen LogP contribution in [0.3, 0.4) is 0 Å². The predicted octanol–water partition coefficient (Wildman–Crippen LogP) is 3.40. The van der Waals surface area contributed by atoms with E-state index in [0.29, 0.717) is 12.8 Å². The monoisotopic (exact) mass is 582 g/mol. The van der Waals surface area contributed by atoms with Crippen molar-refractivity contribution >= 4 is 45.4 Å². The molecule has 2 fully saturated rings. The summed E-state index contributed by atoms with van der Waals surface area (Å²) in [4.78, 5) is 13.1. The van der Waals surface area contributed by atoms with Gasteiger partial charge < -0.3 is 0 Å². The molecule has 0 spiro atoms. The number of rotatable bonds is 7. The summed E-state index contributed by atoms with van der Waals surface area (Å²) in [5, 5.41) is 0. The van der Waals surface area contributed by atoms with E-state index in [9.17, 15) is 13.2 Å². The van der Waals surface area contributed by atoms with Gasteiger partial charge in [0.25, 0.3) is 0 Å². The molecule has 4 nitrogen and oxygen atoms in total. The van der Waals surface area contributed by atoms with E-state index in [-0.39, 0.29) is 22.9 Å². The Labute approximate surface area is 206 Å². The van der Waals surface area contributed by atoms with E-state index in [1.807, 2.05) is 91.0 Å². The van der Waals surface area contributed by atoms with Crippen molar-refractivity contribution in [3.63, 3.8) is 0 Å². The number of ketones is 1. The van der Waals surface area contributed by atoms with Crippen LogP contribution in [0.15, 0.2) is 91.0 Å². The maximum absolute atomic E-state index is 14.0. The number of carbonyl (C=O) groups excluding carboxylic acids is 1. The Balaban J connectivity index is 1.67. The van der Waals surface area contributed by atoms with Crippen LogP contribution in [0.5, 0.6) is 0 Å². The fraction of sp³-hybridized carbons (Fsp3) is 0.321. The van der Waals surface area contributed by atoms with Gasteiger partial charge >= 0.3 is 208 Å². The second-order valence-corrected chi connectivity index (χ2v) is 22.1. The number of hydrogen-bond acceptors (Lipinski definition) is 4. The van der Waals surface area contributed by atoms with Crippen molar-refractivity contribution < 1.29 is 15.7 Å². The average molecular weight is 581 g/mol. The van der Waals surface area contributed by atoms with Crippen molar-refractivity contribution in [1.29, 1.82) is 0 Å². The summed E-state index contributed by atoms with van der Waals surface area (Å²) in [6.07, 6.45) is 2.00. The van der Waals surface area contributed by atoms with Crippen LogP contribution in [-0.2, 0) is 17.4 Å². The number of hydrogen-bond donors (Lipinski definition) is 0. The van der Waals surface area contributed by atoms with Gasteiger partial charge in [-0.25, -0.2) is 0 Å². The van der Waals surface area contributed by atoms with Gasteiger partial charge in [-0.15, -0.1) is 0 Å². The Morgan fingerprint density at radius 3 is 1.62 bits per heavy atom.